The first kappa shape index (κ1) is 13.1. The van der Waals surface area contributed by atoms with E-state index in [1.807, 2.05) is 6.07 Å². The number of halogens is 1. The summed E-state index contributed by atoms with van der Waals surface area (Å²) in [5.41, 5.74) is 5.35. The first-order valence-electron chi connectivity index (χ1n) is 6.51. The van der Waals surface area contributed by atoms with Gasteiger partial charge in [-0.05, 0) is 55.4 Å². The summed E-state index contributed by atoms with van der Waals surface area (Å²) in [7, 11) is 0. The molecule has 0 nitrogen and oxygen atoms in total. The van der Waals surface area contributed by atoms with Gasteiger partial charge < -0.3 is 0 Å². The Bertz CT molecular complexity index is 518. The lowest BCUT2D eigenvalue weighted by Gasteiger charge is -2.21. The molecule has 0 atom stereocenters. The minimum absolute atomic E-state index is 0.0792. The summed E-state index contributed by atoms with van der Waals surface area (Å²) in [6.45, 7) is 8.38. The van der Waals surface area contributed by atoms with Gasteiger partial charge in [-0.25, -0.2) is 4.39 Å². The second-order valence-corrected chi connectivity index (χ2v) is 5.28. The van der Waals surface area contributed by atoms with Crippen LogP contribution in [0.3, 0.4) is 0 Å². The van der Waals surface area contributed by atoms with Gasteiger partial charge in [-0.3, -0.25) is 0 Å². The van der Waals surface area contributed by atoms with Crippen LogP contribution < -0.4 is 0 Å². The van der Waals surface area contributed by atoms with E-state index >= 15 is 0 Å². The zero-order valence-electron chi connectivity index (χ0n) is 11.5. The Balaban J connectivity index is 2.57. The van der Waals surface area contributed by atoms with Crippen LogP contribution in [0.2, 0.25) is 0 Å². The summed E-state index contributed by atoms with van der Waals surface area (Å²) < 4.78 is 14.2. The minimum atomic E-state index is -0.0792. The molecule has 18 heavy (non-hydrogen) atoms. The minimum Gasteiger partial charge on any atom is -0.207 e. The van der Waals surface area contributed by atoms with Crippen LogP contribution in [0, 0.1) is 26.2 Å². The summed E-state index contributed by atoms with van der Waals surface area (Å²) in [6, 6.07) is 6.17. The maximum absolute atomic E-state index is 14.2. The average molecular weight is 243 g/mol. The topological polar surface area (TPSA) is 0 Å². The molecule has 1 aromatic carbocycles. The van der Waals surface area contributed by atoms with Crippen LogP contribution in [-0.4, -0.2) is 0 Å². The Morgan fingerprint density at radius 3 is 2.44 bits per heavy atom. The standard InChI is InChI=1S/C17H20F/c1-11(2)15-6-5-7-16(18)17(15)14-9-8-12(3)13(4)10-14/h6-11H,5H2,1-4H3. The van der Waals surface area contributed by atoms with E-state index in [1.165, 1.54) is 11.1 Å². The van der Waals surface area contributed by atoms with E-state index in [-0.39, 0.29) is 5.83 Å². The second-order valence-electron chi connectivity index (χ2n) is 5.28. The summed E-state index contributed by atoms with van der Waals surface area (Å²) in [5.74, 6) is 0.269. The van der Waals surface area contributed by atoms with E-state index in [4.69, 9.17) is 0 Å². The highest BCUT2D eigenvalue weighted by Gasteiger charge is 2.20. The smallest absolute Gasteiger partial charge is 0.127 e. The van der Waals surface area contributed by atoms with Crippen molar-refractivity contribution in [2.75, 3.05) is 0 Å². The van der Waals surface area contributed by atoms with Gasteiger partial charge in [0.25, 0.3) is 0 Å². The SMILES string of the molecule is Cc1ccc(C2=C(C(C)C)[CH]CC=C2F)cc1C. The molecule has 1 heteroatoms. The Hall–Kier alpha value is -1.37. The Kier molecular flexibility index (Phi) is 3.70. The van der Waals surface area contributed by atoms with Crippen LogP contribution in [-0.2, 0) is 0 Å². The van der Waals surface area contributed by atoms with Gasteiger partial charge in [-0.15, -0.1) is 0 Å². The Morgan fingerprint density at radius 2 is 1.83 bits per heavy atom. The first-order valence-corrected chi connectivity index (χ1v) is 6.51. The fourth-order valence-electron chi connectivity index (χ4n) is 2.36. The lowest BCUT2D eigenvalue weighted by molar-refractivity contribution is 0.653. The molecule has 0 fully saturated rings. The highest BCUT2D eigenvalue weighted by atomic mass is 19.1. The summed E-state index contributed by atoms with van der Waals surface area (Å²) >= 11 is 0. The molecule has 1 aromatic rings. The number of hydrogen-bond donors (Lipinski definition) is 0. The van der Waals surface area contributed by atoms with Gasteiger partial charge in [-0.2, -0.15) is 0 Å². The van der Waals surface area contributed by atoms with Gasteiger partial charge in [0, 0.05) is 5.57 Å². The van der Waals surface area contributed by atoms with Gasteiger partial charge in [0.15, 0.2) is 0 Å². The fourth-order valence-corrected chi connectivity index (χ4v) is 2.36. The van der Waals surface area contributed by atoms with Crippen molar-refractivity contribution in [3.8, 4) is 0 Å². The Labute approximate surface area is 109 Å². The van der Waals surface area contributed by atoms with Crippen molar-refractivity contribution in [2.45, 2.75) is 34.1 Å². The molecule has 0 bridgehead atoms. The van der Waals surface area contributed by atoms with Crippen molar-refractivity contribution in [3.63, 3.8) is 0 Å². The second kappa shape index (κ2) is 5.09. The van der Waals surface area contributed by atoms with Gasteiger partial charge in [-0.1, -0.05) is 37.6 Å². The van der Waals surface area contributed by atoms with E-state index < -0.39 is 0 Å². The van der Waals surface area contributed by atoms with Crippen molar-refractivity contribution >= 4 is 5.57 Å². The third-order valence-electron chi connectivity index (χ3n) is 3.58. The molecule has 0 aliphatic heterocycles. The lowest BCUT2D eigenvalue weighted by Crippen LogP contribution is -2.05. The maximum atomic E-state index is 14.2. The van der Waals surface area contributed by atoms with Gasteiger partial charge >= 0.3 is 0 Å². The number of rotatable bonds is 2. The molecule has 0 amide bonds. The van der Waals surface area contributed by atoms with Crippen molar-refractivity contribution in [1.29, 1.82) is 0 Å². The molecule has 0 saturated carbocycles. The van der Waals surface area contributed by atoms with Crippen LogP contribution in [0.25, 0.3) is 5.57 Å². The van der Waals surface area contributed by atoms with Crippen LogP contribution >= 0.6 is 0 Å². The predicted molar refractivity (Wildman–Crippen MR) is 75.8 cm³/mol. The largest absolute Gasteiger partial charge is 0.207 e. The third-order valence-corrected chi connectivity index (χ3v) is 3.58. The molecule has 0 aromatic heterocycles. The molecular formula is C17H20F. The molecule has 1 aliphatic carbocycles. The monoisotopic (exact) mass is 243 g/mol. The highest BCUT2D eigenvalue weighted by molar-refractivity contribution is 5.82. The molecular weight excluding hydrogens is 223 g/mol. The van der Waals surface area contributed by atoms with Gasteiger partial charge in [0.05, 0.1) is 0 Å². The predicted octanol–water partition coefficient (Wildman–Crippen LogP) is 5.17. The van der Waals surface area contributed by atoms with Crippen molar-refractivity contribution in [2.24, 2.45) is 5.92 Å². The van der Waals surface area contributed by atoms with E-state index in [0.29, 0.717) is 12.3 Å². The number of benzene rings is 1. The van der Waals surface area contributed by atoms with Gasteiger partial charge in [0.1, 0.15) is 5.83 Å². The number of aryl methyl sites for hydroxylation is 2. The maximum Gasteiger partial charge on any atom is 0.127 e. The molecule has 1 radical (unpaired) electrons. The zero-order valence-corrected chi connectivity index (χ0v) is 11.5. The molecule has 0 saturated heterocycles. The van der Waals surface area contributed by atoms with E-state index in [2.05, 4.69) is 46.2 Å². The molecule has 95 valence electrons. The van der Waals surface area contributed by atoms with Crippen molar-refractivity contribution in [3.05, 3.63) is 58.8 Å². The first-order chi connectivity index (χ1) is 8.50. The van der Waals surface area contributed by atoms with Crippen LogP contribution in [0.15, 0.2) is 35.7 Å². The number of allylic oxidation sites excluding steroid dienone is 4. The molecule has 0 N–H and O–H groups in total. The quantitative estimate of drug-likeness (QED) is 0.671. The van der Waals surface area contributed by atoms with Crippen molar-refractivity contribution in [1.82, 2.24) is 0 Å². The lowest BCUT2D eigenvalue weighted by atomic mass is 9.85. The normalized spacial score (nSPS) is 16.2. The Morgan fingerprint density at radius 1 is 1.11 bits per heavy atom. The van der Waals surface area contributed by atoms with Gasteiger partial charge in [0.2, 0.25) is 0 Å². The molecule has 1 aliphatic rings. The fraction of sp³-hybridized carbons (Fsp3) is 0.353. The summed E-state index contributed by atoms with van der Waals surface area (Å²) in [4.78, 5) is 0. The third kappa shape index (κ3) is 2.40. The molecule has 0 heterocycles. The van der Waals surface area contributed by atoms with Crippen LogP contribution in [0.4, 0.5) is 4.39 Å². The average Bonchev–Trinajstić information content (AvgIpc) is 2.32. The van der Waals surface area contributed by atoms with E-state index in [0.717, 1.165) is 16.7 Å². The van der Waals surface area contributed by atoms with Crippen LogP contribution in [0.1, 0.15) is 37.0 Å². The summed E-state index contributed by atoms with van der Waals surface area (Å²) in [6.07, 6.45) is 4.50. The zero-order chi connectivity index (χ0) is 13.3. The van der Waals surface area contributed by atoms with E-state index in [1.54, 1.807) is 6.08 Å². The number of hydrogen-bond acceptors (Lipinski definition) is 0. The molecule has 0 spiro atoms. The van der Waals surface area contributed by atoms with E-state index in [9.17, 15) is 4.39 Å². The summed E-state index contributed by atoms with van der Waals surface area (Å²) in [5, 5.41) is 0. The molecule has 2 rings (SSSR count). The van der Waals surface area contributed by atoms with Crippen LogP contribution in [0.5, 0.6) is 0 Å². The highest BCUT2D eigenvalue weighted by Crippen LogP contribution is 2.37. The molecule has 0 unspecified atom stereocenters. The van der Waals surface area contributed by atoms with Crippen molar-refractivity contribution < 1.29 is 4.39 Å².